The molecule has 0 saturated carbocycles. The number of aromatic nitrogens is 1. The number of methoxy groups -OCH3 is 1. The molecule has 3 rings (SSSR count). The number of carboxylic acid groups (broad SMARTS) is 1. The molecule has 2 aromatic carbocycles. The Labute approximate surface area is 161 Å². The lowest BCUT2D eigenvalue weighted by Crippen LogP contribution is -2.13. The molecule has 0 spiro atoms. The van der Waals surface area contributed by atoms with Crippen LogP contribution in [0.5, 0.6) is 5.75 Å². The summed E-state index contributed by atoms with van der Waals surface area (Å²) in [5.41, 5.74) is 4.47. The summed E-state index contributed by atoms with van der Waals surface area (Å²) in [7, 11) is 1.65. The largest absolute Gasteiger partial charge is 0.497 e. The van der Waals surface area contributed by atoms with Gasteiger partial charge in [-0.2, -0.15) is 0 Å². The normalized spacial score (nSPS) is 12.3. The molecule has 0 fully saturated rings. The quantitative estimate of drug-likeness (QED) is 0.613. The van der Waals surface area contributed by atoms with Crippen LogP contribution in [0.15, 0.2) is 46.9 Å². The van der Waals surface area contributed by atoms with E-state index < -0.39 is 11.9 Å². The Balaban J connectivity index is 2.11. The summed E-state index contributed by atoms with van der Waals surface area (Å²) < 4.78 is 8.68. The van der Waals surface area contributed by atoms with E-state index in [2.05, 4.69) is 45.6 Å². The highest BCUT2D eigenvalue weighted by atomic mass is 79.9. The minimum atomic E-state index is -0.777. The van der Waals surface area contributed by atoms with Crippen LogP contribution in [-0.2, 0) is 17.8 Å². The van der Waals surface area contributed by atoms with Crippen molar-refractivity contribution in [3.8, 4) is 5.75 Å². The number of aliphatic carboxylic acids is 1. The summed E-state index contributed by atoms with van der Waals surface area (Å²) in [6.07, 6.45) is 0.498. The fourth-order valence-corrected chi connectivity index (χ4v) is 3.55. The first-order chi connectivity index (χ1) is 12.4. The lowest BCUT2D eigenvalue weighted by atomic mass is 9.98. The molecule has 0 bridgehead atoms. The van der Waals surface area contributed by atoms with Gasteiger partial charge in [0.1, 0.15) is 5.75 Å². The van der Waals surface area contributed by atoms with Crippen molar-refractivity contribution in [2.75, 3.05) is 7.11 Å². The monoisotopic (exact) mass is 415 g/mol. The van der Waals surface area contributed by atoms with E-state index in [4.69, 9.17) is 4.74 Å². The van der Waals surface area contributed by atoms with Crippen LogP contribution in [0.4, 0.5) is 0 Å². The van der Waals surface area contributed by atoms with Gasteiger partial charge in [-0.15, -0.1) is 0 Å². The molecule has 0 amide bonds. The van der Waals surface area contributed by atoms with Gasteiger partial charge in [-0.1, -0.05) is 35.0 Å². The number of carbonyl (C=O) groups is 1. The van der Waals surface area contributed by atoms with Crippen LogP contribution in [0, 0.1) is 12.8 Å². The summed E-state index contributed by atoms with van der Waals surface area (Å²) in [4.78, 5) is 11.4. The van der Waals surface area contributed by atoms with Crippen LogP contribution in [-0.4, -0.2) is 22.8 Å². The van der Waals surface area contributed by atoms with Crippen LogP contribution in [0.3, 0.4) is 0 Å². The smallest absolute Gasteiger partial charge is 0.306 e. The van der Waals surface area contributed by atoms with Crippen molar-refractivity contribution in [1.29, 1.82) is 0 Å². The van der Waals surface area contributed by atoms with E-state index in [0.717, 1.165) is 38.9 Å². The minimum absolute atomic E-state index is 0.438. The third kappa shape index (κ3) is 3.63. The second kappa shape index (κ2) is 7.54. The van der Waals surface area contributed by atoms with Crippen molar-refractivity contribution < 1.29 is 14.6 Å². The predicted molar refractivity (Wildman–Crippen MR) is 107 cm³/mol. The molecule has 0 aliphatic heterocycles. The van der Waals surface area contributed by atoms with E-state index in [1.54, 1.807) is 14.0 Å². The van der Waals surface area contributed by atoms with E-state index in [0.29, 0.717) is 6.42 Å². The first-order valence-electron chi connectivity index (χ1n) is 8.53. The zero-order valence-electron chi connectivity index (χ0n) is 15.1. The molecule has 1 heterocycles. The SMILES string of the molecule is COc1ccc2c(c1)c(CC(C)C(=O)O)c(C)n2Cc1ccc(Br)cc1. The van der Waals surface area contributed by atoms with E-state index >= 15 is 0 Å². The molecule has 4 nitrogen and oxygen atoms in total. The molecular formula is C21H22BrNO3. The summed E-state index contributed by atoms with van der Waals surface area (Å²) in [5, 5.41) is 10.4. The third-order valence-electron chi connectivity index (χ3n) is 4.85. The van der Waals surface area contributed by atoms with E-state index in [1.807, 2.05) is 24.3 Å². The van der Waals surface area contributed by atoms with Crippen molar-refractivity contribution >= 4 is 32.8 Å². The Morgan fingerprint density at radius 1 is 1.23 bits per heavy atom. The molecular weight excluding hydrogens is 394 g/mol. The number of benzene rings is 2. The maximum Gasteiger partial charge on any atom is 0.306 e. The number of ether oxygens (including phenoxy) is 1. The molecule has 0 aliphatic rings. The number of halogens is 1. The lowest BCUT2D eigenvalue weighted by Gasteiger charge is -2.10. The average molecular weight is 416 g/mol. The zero-order valence-corrected chi connectivity index (χ0v) is 16.7. The van der Waals surface area contributed by atoms with Gasteiger partial charge in [0.2, 0.25) is 0 Å². The number of fused-ring (bicyclic) bond motifs is 1. The van der Waals surface area contributed by atoms with Crippen LogP contribution < -0.4 is 4.74 Å². The zero-order chi connectivity index (χ0) is 18.8. The van der Waals surface area contributed by atoms with Crippen molar-refractivity contribution in [2.24, 2.45) is 5.92 Å². The first-order valence-corrected chi connectivity index (χ1v) is 9.33. The third-order valence-corrected chi connectivity index (χ3v) is 5.38. The van der Waals surface area contributed by atoms with Crippen molar-refractivity contribution in [3.63, 3.8) is 0 Å². The second-order valence-electron chi connectivity index (χ2n) is 6.60. The van der Waals surface area contributed by atoms with E-state index in [9.17, 15) is 9.90 Å². The maximum atomic E-state index is 11.4. The minimum Gasteiger partial charge on any atom is -0.497 e. The van der Waals surface area contributed by atoms with Gasteiger partial charge in [-0.05, 0) is 54.8 Å². The summed E-state index contributed by atoms with van der Waals surface area (Å²) in [6, 6.07) is 14.3. The van der Waals surface area contributed by atoms with Gasteiger partial charge in [0.05, 0.1) is 13.0 Å². The van der Waals surface area contributed by atoms with Gasteiger partial charge >= 0.3 is 5.97 Å². The van der Waals surface area contributed by atoms with E-state index in [1.165, 1.54) is 5.56 Å². The Kier molecular flexibility index (Phi) is 5.37. The van der Waals surface area contributed by atoms with Crippen molar-refractivity contribution in [1.82, 2.24) is 4.57 Å². The fourth-order valence-electron chi connectivity index (χ4n) is 3.28. The molecule has 136 valence electrons. The van der Waals surface area contributed by atoms with Gasteiger partial charge in [-0.3, -0.25) is 4.79 Å². The van der Waals surface area contributed by atoms with Crippen molar-refractivity contribution in [2.45, 2.75) is 26.8 Å². The number of nitrogens with zero attached hydrogens (tertiary/aromatic N) is 1. The number of rotatable bonds is 6. The topological polar surface area (TPSA) is 51.5 Å². The van der Waals surface area contributed by atoms with Crippen LogP contribution in [0.1, 0.15) is 23.7 Å². The molecule has 26 heavy (non-hydrogen) atoms. The number of carboxylic acids is 1. The highest BCUT2D eigenvalue weighted by Crippen LogP contribution is 2.32. The van der Waals surface area contributed by atoms with Crippen molar-refractivity contribution in [3.05, 3.63) is 63.8 Å². The molecule has 0 saturated heterocycles. The van der Waals surface area contributed by atoms with Gasteiger partial charge in [0.15, 0.2) is 0 Å². The molecule has 1 aromatic heterocycles. The molecule has 1 N–H and O–H groups in total. The lowest BCUT2D eigenvalue weighted by molar-refractivity contribution is -0.141. The number of hydrogen-bond donors (Lipinski definition) is 1. The Bertz CT molecular complexity index is 944. The van der Waals surface area contributed by atoms with Gasteiger partial charge < -0.3 is 14.4 Å². The molecule has 0 aliphatic carbocycles. The van der Waals surface area contributed by atoms with Gasteiger partial charge in [-0.25, -0.2) is 0 Å². The summed E-state index contributed by atoms with van der Waals surface area (Å²) in [5.74, 6) is -0.435. The highest BCUT2D eigenvalue weighted by molar-refractivity contribution is 9.10. The Morgan fingerprint density at radius 2 is 1.92 bits per heavy atom. The Hall–Kier alpha value is -2.27. The first kappa shape index (κ1) is 18.5. The molecule has 0 radical (unpaired) electrons. The summed E-state index contributed by atoms with van der Waals surface area (Å²) in [6.45, 7) is 4.55. The number of hydrogen-bond acceptors (Lipinski definition) is 2. The Morgan fingerprint density at radius 3 is 2.54 bits per heavy atom. The average Bonchev–Trinajstić information content (AvgIpc) is 2.88. The van der Waals surface area contributed by atoms with Gasteiger partial charge in [0.25, 0.3) is 0 Å². The van der Waals surface area contributed by atoms with Gasteiger partial charge in [0, 0.05) is 27.6 Å². The van der Waals surface area contributed by atoms with Crippen LogP contribution >= 0.6 is 15.9 Å². The predicted octanol–water partition coefficient (Wildman–Crippen LogP) is 5.03. The molecule has 1 unspecified atom stereocenters. The molecule has 1 atom stereocenters. The maximum absolute atomic E-state index is 11.4. The van der Waals surface area contributed by atoms with E-state index in [-0.39, 0.29) is 0 Å². The highest BCUT2D eigenvalue weighted by Gasteiger charge is 2.20. The van der Waals surface area contributed by atoms with Crippen LogP contribution in [0.25, 0.3) is 10.9 Å². The standard InChI is InChI=1S/C21H22BrNO3/c1-13(21(24)25)10-18-14(2)23(12-15-4-6-16(22)7-5-15)20-9-8-17(26-3)11-19(18)20/h4-9,11,13H,10,12H2,1-3H3,(H,24,25). The van der Waals surface area contributed by atoms with Crippen LogP contribution in [0.2, 0.25) is 0 Å². The fraction of sp³-hybridized carbons (Fsp3) is 0.286. The molecule has 3 aromatic rings. The summed E-state index contributed by atoms with van der Waals surface area (Å²) >= 11 is 3.47. The molecule has 5 heteroatoms. The second-order valence-corrected chi connectivity index (χ2v) is 7.52.